The lowest BCUT2D eigenvalue weighted by Gasteiger charge is -2.45. The van der Waals surface area contributed by atoms with Crippen LogP contribution in [0.5, 0.6) is 11.5 Å². The molecule has 0 saturated carbocycles. The Morgan fingerprint density at radius 2 is 1.92 bits per heavy atom. The minimum absolute atomic E-state index is 0.139. The number of benzene rings is 1. The van der Waals surface area contributed by atoms with Gasteiger partial charge in [-0.3, -0.25) is 4.90 Å². The van der Waals surface area contributed by atoms with Crippen LogP contribution in [-0.4, -0.2) is 66.3 Å². The van der Waals surface area contributed by atoms with Crippen molar-refractivity contribution in [1.29, 1.82) is 0 Å². The van der Waals surface area contributed by atoms with Crippen LogP contribution in [0.3, 0.4) is 0 Å². The van der Waals surface area contributed by atoms with Crippen LogP contribution in [0.4, 0.5) is 5.69 Å². The normalized spacial score (nSPS) is 28.3. The summed E-state index contributed by atoms with van der Waals surface area (Å²) in [5, 5.41) is 19.8. The average molecular weight is 334 g/mol. The van der Waals surface area contributed by atoms with E-state index in [9.17, 15) is 10.2 Å². The van der Waals surface area contributed by atoms with E-state index in [1.165, 1.54) is 5.69 Å². The second-order valence-electron chi connectivity index (χ2n) is 7.21. The van der Waals surface area contributed by atoms with E-state index in [0.29, 0.717) is 25.8 Å². The minimum atomic E-state index is -0.910. The third-order valence-electron chi connectivity index (χ3n) is 5.58. The van der Waals surface area contributed by atoms with Gasteiger partial charge in [-0.25, -0.2) is 0 Å². The summed E-state index contributed by atoms with van der Waals surface area (Å²) in [7, 11) is 0. The van der Waals surface area contributed by atoms with Crippen LogP contribution in [0.25, 0.3) is 0 Å². The summed E-state index contributed by atoms with van der Waals surface area (Å²) in [4.78, 5) is 4.76. The third-order valence-corrected chi connectivity index (χ3v) is 5.58. The van der Waals surface area contributed by atoms with E-state index in [2.05, 4.69) is 21.9 Å². The van der Waals surface area contributed by atoms with Crippen molar-refractivity contribution in [3.8, 4) is 11.5 Å². The van der Waals surface area contributed by atoms with Gasteiger partial charge in [-0.1, -0.05) is 0 Å². The molecular formula is C18H26N2O4. The second-order valence-corrected chi connectivity index (χ2v) is 7.21. The third kappa shape index (κ3) is 3.06. The highest BCUT2D eigenvalue weighted by Gasteiger charge is 2.36. The zero-order valence-corrected chi connectivity index (χ0v) is 14.0. The Balaban J connectivity index is 1.37. The summed E-state index contributed by atoms with van der Waals surface area (Å²) in [6.07, 6.45) is 3.82. The molecule has 1 aromatic carbocycles. The van der Waals surface area contributed by atoms with Crippen molar-refractivity contribution in [2.75, 3.05) is 44.5 Å². The van der Waals surface area contributed by atoms with Crippen LogP contribution in [0.2, 0.25) is 0 Å². The van der Waals surface area contributed by atoms with Crippen molar-refractivity contribution in [3.05, 3.63) is 18.2 Å². The molecule has 0 spiro atoms. The maximum absolute atomic E-state index is 10.4. The van der Waals surface area contributed by atoms with Crippen molar-refractivity contribution >= 4 is 5.69 Å². The molecule has 1 aromatic rings. The number of ether oxygens (including phenoxy) is 2. The molecule has 0 bridgehead atoms. The van der Waals surface area contributed by atoms with Crippen molar-refractivity contribution in [2.24, 2.45) is 0 Å². The fourth-order valence-electron chi connectivity index (χ4n) is 4.16. The summed E-state index contributed by atoms with van der Waals surface area (Å²) >= 11 is 0. The first-order valence-corrected chi connectivity index (χ1v) is 8.89. The zero-order chi connectivity index (χ0) is 16.6. The first-order valence-electron chi connectivity index (χ1n) is 8.89. The monoisotopic (exact) mass is 334 g/mol. The molecule has 0 aromatic heterocycles. The largest absolute Gasteiger partial charge is 0.454 e. The lowest BCUT2D eigenvalue weighted by Crippen LogP contribution is -2.55. The number of hydrogen-bond donors (Lipinski definition) is 2. The van der Waals surface area contributed by atoms with Gasteiger partial charge in [-0.05, 0) is 44.4 Å². The van der Waals surface area contributed by atoms with Crippen molar-refractivity contribution in [3.63, 3.8) is 0 Å². The van der Waals surface area contributed by atoms with E-state index in [0.717, 1.165) is 50.4 Å². The number of anilines is 1. The quantitative estimate of drug-likeness (QED) is 0.866. The van der Waals surface area contributed by atoms with Gasteiger partial charge in [0.2, 0.25) is 6.79 Å². The molecule has 0 amide bonds. The fraction of sp³-hybridized carbons (Fsp3) is 0.667. The van der Waals surface area contributed by atoms with Crippen molar-refractivity contribution in [1.82, 2.24) is 4.90 Å². The Labute approximate surface area is 142 Å². The Hall–Kier alpha value is -1.50. The summed E-state index contributed by atoms with van der Waals surface area (Å²) in [6, 6.07) is 6.64. The molecule has 6 nitrogen and oxygen atoms in total. The molecule has 2 saturated heterocycles. The molecule has 132 valence electrons. The number of aliphatic hydroxyl groups excluding tert-OH is 1. The Bertz CT molecular complexity index is 588. The summed E-state index contributed by atoms with van der Waals surface area (Å²) < 4.78 is 10.8. The standard InChI is InChI=1S/C18H26N2O4/c21-12-18(22)6-1-7-20(11-18)14-4-8-19(9-5-14)15-2-3-16-17(10-15)24-13-23-16/h2-3,10,14,21-22H,1,4-9,11-13H2/t18-/m0/s1. The van der Waals surface area contributed by atoms with E-state index in [-0.39, 0.29) is 6.61 Å². The molecule has 6 heteroatoms. The number of nitrogens with zero attached hydrogens (tertiary/aromatic N) is 2. The predicted octanol–water partition coefficient (Wildman–Crippen LogP) is 1.20. The van der Waals surface area contributed by atoms with Crippen LogP contribution in [0.15, 0.2) is 18.2 Å². The summed E-state index contributed by atoms with van der Waals surface area (Å²) in [5.41, 5.74) is 0.274. The van der Waals surface area contributed by atoms with Gasteiger partial charge in [-0.15, -0.1) is 0 Å². The van der Waals surface area contributed by atoms with E-state index in [1.807, 2.05) is 6.07 Å². The number of likely N-dealkylation sites (tertiary alicyclic amines) is 1. The molecule has 0 radical (unpaired) electrons. The highest BCUT2D eigenvalue weighted by Crippen LogP contribution is 2.36. The average Bonchev–Trinajstić information content (AvgIpc) is 3.10. The van der Waals surface area contributed by atoms with Crippen LogP contribution >= 0.6 is 0 Å². The maximum atomic E-state index is 10.4. The number of β-amino-alcohol motifs (C(OH)–C–C–N with tert-alkyl or cyclic N) is 1. The molecular weight excluding hydrogens is 308 g/mol. The number of aliphatic hydroxyl groups is 2. The topological polar surface area (TPSA) is 65.4 Å². The lowest BCUT2D eigenvalue weighted by molar-refractivity contribution is -0.0781. The van der Waals surface area contributed by atoms with E-state index in [1.54, 1.807) is 0 Å². The van der Waals surface area contributed by atoms with Gasteiger partial charge in [0.1, 0.15) is 5.60 Å². The summed E-state index contributed by atoms with van der Waals surface area (Å²) in [6.45, 7) is 3.79. The number of fused-ring (bicyclic) bond motifs is 1. The number of rotatable bonds is 3. The molecule has 0 unspecified atom stereocenters. The molecule has 2 fully saturated rings. The van der Waals surface area contributed by atoms with E-state index >= 15 is 0 Å². The van der Waals surface area contributed by atoms with Crippen LogP contribution in [0.1, 0.15) is 25.7 Å². The SMILES string of the molecule is OC[C@]1(O)CCCN(C2CCN(c3ccc4c(c3)OCO4)CC2)C1. The predicted molar refractivity (Wildman–Crippen MR) is 90.6 cm³/mol. The fourth-order valence-corrected chi connectivity index (χ4v) is 4.16. The summed E-state index contributed by atoms with van der Waals surface area (Å²) in [5.74, 6) is 1.66. The van der Waals surface area contributed by atoms with Crippen molar-refractivity contribution < 1.29 is 19.7 Å². The number of hydrogen-bond acceptors (Lipinski definition) is 6. The Kier molecular flexibility index (Phi) is 4.28. The lowest BCUT2D eigenvalue weighted by atomic mass is 9.91. The van der Waals surface area contributed by atoms with Gasteiger partial charge in [-0.2, -0.15) is 0 Å². The Morgan fingerprint density at radius 3 is 2.71 bits per heavy atom. The van der Waals surface area contributed by atoms with Gasteiger partial charge >= 0.3 is 0 Å². The van der Waals surface area contributed by atoms with Crippen LogP contribution < -0.4 is 14.4 Å². The number of piperidine rings is 2. The molecule has 1 atom stereocenters. The van der Waals surface area contributed by atoms with Crippen molar-refractivity contribution in [2.45, 2.75) is 37.3 Å². The molecule has 0 aliphatic carbocycles. The van der Waals surface area contributed by atoms with Gasteiger partial charge in [0.05, 0.1) is 6.61 Å². The first kappa shape index (κ1) is 16.0. The van der Waals surface area contributed by atoms with Crippen LogP contribution in [-0.2, 0) is 0 Å². The molecule has 24 heavy (non-hydrogen) atoms. The van der Waals surface area contributed by atoms with Crippen LogP contribution in [0, 0.1) is 0 Å². The molecule has 2 N–H and O–H groups in total. The minimum Gasteiger partial charge on any atom is -0.454 e. The Morgan fingerprint density at radius 1 is 1.12 bits per heavy atom. The molecule has 3 aliphatic rings. The zero-order valence-electron chi connectivity index (χ0n) is 14.0. The molecule has 3 heterocycles. The molecule has 3 aliphatic heterocycles. The second kappa shape index (κ2) is 6.43. The van der Waals surface area contributed by atoms with E-state index < -0.39 is 5.60 Å². The highest BCUT2D eigenvalue weighted by atomic mass is 16.7. The van der Waals surface area contributed by atoms with E-state index in [4.69, 9.17) is 9.47 Å². The molecule has 4 rings (SSSR count). The maximum Gasteiger partial charge on any atom is 0.231 e. The smallest absolute Gasteiger partial charge is 0.231 e. The van der Waals surface area contributed by atoms with Gasteiger partial charge in [0, 0.05) is 37.4 Å². The van der Waals surface area contributed by atoms with Gasteiger partial charge in [0.15, 0.2) is 11.5 Å². The van der Waals surface area contributed by atoms with Gasteiger partial charge in [0.25, 0.3) is 0 Å². The van der Waals surface area contributed by atoms with Gasteiger partial charge < -0.3 is 24.6 Å². The highest BCUT2D eigenvalue weighted by molar-refractivity contribution is 5.57. The first-order chi connectivity index (χ1) is 11.7.